The minimum Gasteiger partial charge on any atom is -0.207 e. The second kappa shape index (κ2) is 3.68. The van der Waals surface area contributed by atoms with Crippen LogP contribution in [-0.2, 0) is 0 Å². The zero-order valence-electron chi connectivity index (χ0n) is 9.07. The fourth-order valence-electron chi connectivity index (χ4n) is 1.33. The summed E-state index contributed by atoms with van der Waals surface area (Å²) in [4.78, 5) is 0. The molecule has 78 valence electrons. The van der Waals surface area contributed by atoms with Gasteiger partial charge in [0.2, 0.25) is 0 Å². The quantitative estimate of drug-likeness (QED) is 0.637. The Labute approximate surface area is 84.0 Å². The third kappa shape index (κ3) is 2.53. The number of rotatable bonds is 1. The average Bonchev–Trinajstić information content (AvgIpc) is 1.99. The normalized spacial score (nSPS) is 14.1. The zero-order chi connectivity index (χ0) is 10.9. The molecular formula is C12H16F2. The molecule has 0 heterocycles. The van der Waals surface area contributed by atoms with Gasteiger partial charge in [0.15, 0.2) is 0 Å². The smallest absolute Gasteiger partial charge is 0.126 e. The third-order valence-corrected chi connectivity index (χ3v) is 2.68. The van der Waals surface area contributed by atoms with Crippen molar-refractivity contribution in [2.24, 2.45) is 5.41 Å². The second-order valence-electron chi connectivity index (χ2n) is 4.79. The summed E-state index contributed by atoms with van der Waals surface area (Å²) in [5.74, 6) is -0.875. The molecule has 0 spiro atoms. The first-order chi connectivity index (χ1) is 6.30. The van der Waals surface area contributed by atoms with Crippen LogP contribution in [0.3, 0.4) is 0 Å². The molecule has 0 aliphatic rings. The molecule has 0 amide bonds. The minimum absolute atomic E-state index is 0.0141. The van der Waals surface area contributed by atoms with E-state index in [1.165, 1.54) is 12.1 Å². The molecule has 1 rings (SSSR count). The van der Waals surface area contributed by atoms with Gasteiger partial charge in [-0.15, -0.1) is 0 Å². The molecule has 0 radical (unpaired) electrons. The SMILES string of the molecule is C[C@@H](c1cc(F)cc(F)c1)C(C)(C)C. The van der Waals surface area contributed by atoms with E-state index in [0.29, 0.717) is 0 Å². The van der Waals surface area contributed by atoms with Crippen LogP contribution in [0.4, 0.5) is 8.78 Å². The highest BCUT2D eigenvalue weighted by Crippen LogP contribution is 2.34. The summed E-state index contributed by atoms with van der Waals surface area (Å²) in [6, 6.07) is 3.71. The Morgan fingerprint density at radius 1 is 1.00 bits per heavy atom. The van der Waals surface area contributed by atoms with Crippen molar-refractivity contribution in [3.63, 3.8) is 0 Å². The molecular weight excluding hydrogens is 182 g/mol. The lowest BCUT2D eigenvalue weighted by Gasteiger charge is -2.27. The van der Waals surface area contributed by atoms with Crippen LogP contribution >= 0.6 is 0 Å². The molecule has 1 aromatic rings. The molecule has 0 fully saturated rings. The van der Waals surface area contributed by atoms with Crippen molar-refractivity contribution in [2.45, 2.75) is 33.6 Å². The first-order valence-corrected chi connectivity index (χ1v) is 4.76. The Bertz CT molecular complexity index is 303. The number of benzene rings is 1. The predicted octanol–water partition coefficient (Wildman–Crippen LogP) is 4.11. The van der Waals surface area contributed by atoms with Gasteiger partial charge < -0.3 is 0 Å². The van der Waals surface area contributed by atoms with E-state index in [1.807, 2.05) is 6.92 Å². The number of halogens is 2. The summed E-state index contributed by atoms with van der Waals surface area (Å²) in [5.41, 5.74) is 0.732. The molecule has 14 heavy (non-hydrogen) atoms. The van der Waals surface area contributed by atoms with Gasteiger partial charge in [-0.25, -0.2) is 8.78 Å². The summed E-state index contributed by atoms with van der Waals surface area (Å²) in [7, 11) is 0. The van der Waals surface area contributed by atoms with Gasteiger partial charge in [0.05, 0.1) is 0 Å². The topological polar surface area (TPSA) is 0 Å². The Balaban J connectivity index is 3.07. The van der Waals surface area contributed by atoms with Crippen molar-refractivity contribution < 1.29 is 8.78 Å². The van der Waals surface area contributed by atoms with Gasteiger partial charge in [-0.2, -0.15) is 0 Å². The average molecular weight is 198 g/mol. The van der Waals surface area contributed by atoms with E-state index in [0.717, 1.165) is 11.6 Å². The summed E-state index contributed by atoms with van der Waals surface area (Å²) >= 11 is 0. The van der Waals surface area contributed by atoms with Crippen LogP contribution in [0, 0.1) is 17.0 Å². The van der Waals surface area contributed by atoms with Crippen LogP contribution in [0.15, 0.2) is 18.2 Å². The van der Waals surface area contributed by atoms with Gasteiger partial charge in [0.1, 0.15) is 11.6 Å². The van der Waals surface area contributed by atoms with Crippen molar-refractivity contribution in [1.29, 1.82) is 0 Å². The van der Waals surface area contributed by atoms with Crippen LogP contribution < -0.4 is 0 Å². The summed E-state index contributed by atoms with van der Waals surface area (Å²) in [6.45, 7) is 8.15. The van der Waals surface area contributed by atoms with Gasteiger partial charge in [-0.3, -0.25) is 0 Å². The summed E-state index contributed by atoms with van der Waals surface area (Å²) in [5, 5.41) is 0. The van der Waals surface area contributed by atoms with Crippen molar-refractivity contribution in [2.75, 3.05) is 0 Å². The molecule has 0 saturated heterocycles. The third-order valence-electron chi connectivity index (χ3n) is 2.68. The lowest BCUT2D eigenvalue weighted by molar-refractivity contribution is 0.338. The first-order valence-electron chi connectivity index (χ1n) is 4.76. The fraction of sp³-hybridized carbons (Fsp3) is 0.500. The van der Waals surface area contributed by atoms with E-state index in [4.69, 9.17) is 0 Å². The van der Waals surface area contributed by atoms with Crippen LogP contribution in [0.2, 0.25) is 0 Å². The van der Waals surface area contributed by atoms with Crippen molar-refractivity contribution in [1.82, 2.24) is 0 Å². The highest BCUT2D eigenvalue weighted by Gasteiger charge is 2.22. The maximum Gasteiger partial charge on any atom is 0.126 e. The first kappa shape index (κ1) is 11.2. The maximum absolute atomic E-state index is 12.9. The summed E-state index contributed by atoms with van der Waals surface area (Å²) in [6.07, 6.45) is 0. The highest BCUT2D eigenvalue weighted by atomic mass is 19.1. The molecule has 2 heteroatoms. The van der Waals surface area contributed by atoms with Gasteiger partial charge in [0, 0.05) is 6.07 Å². The Morgan fingerprint density at radius 2 is 1.43 bits per heavy atom. The van der Waals surface area contributed by atoms with E-state index in [-0.39, 0.29) is 11.3 Å². The number of hydrogen-bond donors (Lipinski definition) is 0. The van der Waals surface area contributed by atoms with Crippen molar-refractivity contribution >= 4 is 0 Å². The maximum atomic E-state index is 12.9. The van der Waals surface area contributed by atoms with E-state index >= 15 is 0 Å². The molecule has 1 aromatic carbocycles. The lowest BCUT2D eigenvalue weighted by atomic mass is 9.78. The molecule has 0 N–H and O–H groups in total. The van der Waals surface area contributed by atoms with E-state index in [9.17, 15) is 8.78 Å². The molecule has 0 unspecified atom stereocenters. The van der Waals surface area contributed by atoms with E-state index in [2.05, 4.69) is 20.8 Å². The lowest BCUT2D eigenvalue weighted by Crippen LogP contribution is -2.15. The van der Waals surface area contributed by atoms with E-state index < -0.39 is 11.6 Å². The predicted molar refractivity (Wildman–Crippen MR) is 54.2 cm³/mol. The molecule has 0 bridgehead atoms. The Kier molecular flexibility index (Phi) is 2.93. The molecule has 1 atom stereocenters. The van der Waals surface area contributed by atoms with Gasteiger partial charge in [-0.1, -0.05) is 27.7 Å². The molecule has 0 aliphatic heterocycles. The van der Waals surface area contributed by atoms with Gasteiger partial charge in [0.25, 0.3) is 0 Å². The van der Waals surface area contributed by atoms with Crippen LogP contribution in [0.25, 0.3) is 0 Å². The standard InChI is InChI=1S/C12H16F2/c1-8(12(2,3)4)9-5-10(13)7-11(14)6-9/h5-8H,1-4H3/t8-/m0/s1. The number of hydrogen-bond acceptors (Lipinski definition) is 0. The summed E-state index contributed by atoms with van der Waals surface area (Å²) < 4.78 is 25.9. The van der Waals surface area contributed by atoms with Crippen LogP contribution in [-0.4, -0.2) is 0 Å². The molecule has 0 aliphatic carbocycles. The molecule has 0 nitrogen and oxygen atoms in total. The Morgan fingerprint density at radius 3 is 1.79 bits per heavy atom. The highest BCUT2D eigenvalue weighted by molar-refractivity contribution is 5.22. The largest absolute Gasteiger partial charge is 0.207 e. The zero-order valence-corrected chi connectivity index (χ0v) is 9.07. The van der Waals surface area contributed by atoms with E-state index in [1.54, 1.807) is 0 Å². The van der Waals surface area contributed by atoms with Gasteiger partial charge >= 0.3 is 0 Å². The van der Waals surface area contributed by atoms with Crippen LogP contribution in [0.1, 0.15) is 39.2 Å². The molecule has 0 saturated carbocycles. The Hall–Kier alpha value is -0.920. The molecule has 0 aromatic heterocycles. The fourth-order valence-corrected chi connectivity index (χ4v) is 1.33. The van der Waals surface area contributed by atoms with Crippen molar-refractivity contribution in [3.05, 3.63) is 35.4 Å². The monoisotopic (exact) mass is 198 g/mol. The van der Waals surface area contributed by atoms with Crippen molar-refractivity contribution in [3.8, 4) is 0 Å². The van der Waals surface area contributed by atoms with Crippen LogP contribution in [0.5, 0.6) is 0 Å². The van der Waals surface area contributed by atoms with Gasteiger partial charge in [-0.05, 0) is 29.0 Å². The second-order valence-corrected chi connectivity index (χ2v) is 4.79. The minimum atomic E-state index is -0.504.